The Labute approximate surface area is 223 Å². The Bertz CT molecular complexity index is 1760. The molecule has 37 heavy (non-hydrogen) atoms. The summed E-state index contributed by atoms with van der Waals surface area (Å²) in [7, 11) is 1.46. The number of primary amides is 1. The summed E-state index contributed by atoms with van der Waals surface area (Å²) >= 11 is 9.56. The lowest BCUT2D eigenvalue weighted by Gasteiger charge is -2.13. The normalized spacial score (nSPS) is 11.4. The number of methoxy groups -OCH3 is 1. The fourth-order valence-corrected chi connectivity index (χ4v) is 4.40. The van der Waals surface area contributed by atoms with Crippen molar-refractivity contribution in [3.05, 3.63) is 86.1 Å². The maximum atomic E-state index is 13.5. The van der Waals surface area contributed by atoms with E-state index in [-0.39, 0.29) is 18.2 Å². The van der Waals surface area contributed by atoms with Crippen molar-refractivity contribution in [1.82, 2.24) is 9.66 Å². The summed E-state index contributed by atoms with van der Waals surface area (Å²) in [5.41, 5.74) is 6.34. The van der Waals surface area contributed by atoms with Gasteiger partial charge in [0.1, 0.15) is 5.58 Å². The highest BCUT2D eigenvalue weighted by molar-refractivity contribution is 9.10. The number of para-hydroxylation sites is 1. The van der Waals surface area contributed by atoms with E-state index in [2.05, 4.69) is 26.0 Å². The number of hydrogen-bond donors (Lipinski definition) is 1. The number of furan rings is 1. The Morgan fingerprint density at radius 3 is 2.81 bits per heavy atom. The Hall–Kier alpha value is -4.15. The maximum absolute atomic E-state index is 13.5. The van der Waals surface area contributed by atoms with Crippen LogP contribution in [0.1, 0.15) is 5.56 Å². The third kappa shape index (κ3) is 4.93. The molecule has 0 aliphatic carbocycles. The SMILES string of the molecule is COc1cc(Br)cc(C=Nn2c(-c3cc4cc(Cl)ccc4o3)nc3ccccc3c2=O)c1OCC(N)=O. The number of carbonyl (C=O) groups excluding carboxylic acids is 1. The molecule has 5 rings (SSSR count). The van der Waals surface area contributed by atoms with Crippen molar-refractivity contribution in [2.45, 2.75) is 0 Å². The van der Waals surface area contributed by atoms with Gasteiger partial charge in [-0.1, -0.05) is 39.7 Å². The van der Waals surface area contributed by atoms with Crippen molar-refractivity contribution in [3.63, 3.8) is 0 Å². The van der Waals surface area contributed by atoms with Crippen LogP contribution in [-0.2, 0) is 4.79 Å². The highest BCUT2D eigenvalue weighted by Gasteiger charge is 2.18. The lowest BCUT2D eigenvalue weighted by molar-refractivity contribution is -0.119. The predicted molar refractivity (Wildman–Crippen MR) is 145 cm³/mol. The molecule has 0 aliphatic heterocycles. The van der Waals surface area contributed by atoms with Gasteiger partial charge in [0.05, 0.1) is 24.2 Å². The van der Waals surface area contributed by atoms with Gasteiger partial charge in [0.25, 0.3) is 11.5 Å². The number of nitrogens with zero attached hydrogens (tertiary/aromatic N) is 3. The molecule has 0 unspecified atom stereocenters. The minimum absolute atomic E-state index is 0.189. The van der Waals surface area contributed by atoms with Crippen molar-refractivity contribution >= 4 is 61.5 Å². The molecule has 0 aliphatic rings. The number of nitrogens with two attached hydrogens (primary N) is 1. The first-order chi connectivity index (χ1) is 17.8. The summed E-state index contributed by atoms with van der Waals surface area (Å²) in [4.78, 5) is 29.5. The predicted octanol–water partition coefficient (Wildman–Crippen LogP) is 4.98. The van der Waals surface area contributed by atoms with E-state index in [4.69, 9.17) is 31.2 Å². The van der Waals surface area contributed by atoms with Crippen LogP contribution in [0, 0.1) is 0 Å². The molecule has 2 aromatic heterocycles. The fourth-order valence-electron chi connectivity index (χ4n) is 3.77. The third-order valence-corrected chi connectivity index (χ3v) is 6.08. The van der Waals surface area contributed by atoms with Crippen LogP contribution in [0.4, 0.5) is 0 Å². The Morgan fingerprint density at radius 2 is 2.03 bits per heavy atom. The zero-order valence-corrected chi connectivity index (χ0v) is 21.6. The number of rotatable bonds is 7. The van der Waals surface area contributed by atoms with E-state index < -0.39 is 11.5 Å². The average molecular weight is 582 g/mol. The lowest BCUT2D eigenvalue weighted by Crippen LogP contribution is -2.21. The van der Waals surface area contributed by atoms with Gasteiger partial charge in [-0.05, 0) is 48.5 Å². The van der Waals surface area contributed by atoms with E-state index in [0.717, 1.165) is 10.1 Å². The van der Waals surface area contributed by atoms with Gasteiger partial charge in [0.15, 0.2) is 23.9 Å². The van der Waals surface area contributed by atoms with Gasteiger partial charge in [-0.25, -0.2) is 4.98 Å². The van der Waals surface area contributed by atoms with Gasteiger partial charge in [-0.3, -0.25) is 9.59 Å². The molecule has 0 atom stereocenters. The van der Waals surface area contributed by atoms with Crippen LogP contribution in [0.25, 0.3) is 33.5 Å². The molecular weight excluding hydrogens is 564 g/mol. The molecule has 0 saturated heterocycles. The highest BCUT2D eigenvalue weighted by atomic mass is 79.9. The van der Waals surface area contributed by atoms with Crippen LogP contribution < -0.4 is 20.8 Å². The number of benzene rings is 3. The topological polar surface area (TPSA) is 122 Å². The molecule has 0 fully saturated rings. The van der Waals surface area contributed by atoms with Crippen molar-refractivity contribution in [2.24, 2.45) is 10.8 Å². The summed E-state index contributed by atoms with van der Waals surface area (Å²) in [5.74, 6) is 0.434. The number of carbonyl (C=O) groups is 1. The number of amides is 1. The molecule has 2 N–H and O–H groups in total. The molecule has 0 radical (unpaired) electrons. The van der Waals surface area contributed by atoms with Gasteiger partial charge in [0.2, 0.25) is 5.82 Å². The van der Waals surface area contributed by atoms with Gasteiger partial charge < -0.3 is 19.6 Å². The van der Waals surface area contributed by atoms with Crippen LogP contribution in [0.5, 0.6) is 11.5 Å². The number of fused-ring (bicyclic) bond motifs is 2. The number of hydrogen-bond acceptors (Lipinski definition) is 7. The highest BCUT2D eigenvalue weighted by Crippen LogP contribution is 2.34. The summed E-state index contributed by atoms with van der Waals surface area (Å²) in [6, 6.07) is 17.3. The number of aromatic nitrogens is 2. The van der Waals surface area contributed by atoms with Crippen molar-refractivity contribution in [3.8, 4) is 23.1 Å². The van der Waals surface area contributed by atoms with E-state index in [1.54, 1.807) is 60.7 Å². The van der Waals surface area contributed by atoms with Crippen molar-refractivity contribution < 1.29 is 18.7 Å². The molecule has 0 spiro atoms. The first-order valence-electron chi connectivity index (χ1n) is 10.9. The van der Waals surface area contributed by atoms with Crippen molar-refractivity contribution in [1.29, 1.82) is 0 Å². The molecule has 186 valence electrons. The Morgan fingerprint density at radius 1 is 1.22 bits per heavy atom. The quantitative estimate of drug-likeness (QED) is 0.271. The molecule has 11 heteroatoms. The third-order valence-electron chi connectivity index (χ3n) is 5.39. The maximum Gasteiger partial charge on any atom is 0.282 e. The van der Waals surface area contributed by atoms with Crippen LogP contribution in [0.3, 0.4) is 0 Å². The molecule has 0 saturated carbocycles. The summed E-state index contributed by atoms with van der Waals surface area (Å²) < 4.78 is 18.8. The lowest BCUT2D eigenvalue weighted by atomic mass is 10.2. The van der Waals surface area contributed by atoms with Crippen LogP contribution in [-0.4, -0.2) is 35.5 Å². The molecule has 3 aromatic carbocycles. The van der Waals surface area contributed by atoms with Crippen LogP contribution >= 0.6 is 27.5 Å². The van der Waals surface area contributed by atoms with Gasteiger partial charge in [-0.2, -0.15) is 9.78 Å². The second-order valence-electron chi connectivity index (χ2n) is 7.89. The minimum atomic E-state index is -0.657. The molecule has 9 nitrogen and oxygen atoms in total. The zero-order valence-electron chi connectivity index (χ0n) is 19.3. The van der Waals surface area contributed by atoms with Gasteiger partial charge in [0, 0.05) is 20.4 Å². The second-order valence-corrected chi connectivity index (χ2v) is 9.24. The number of halogens is 2. The minimum Gasteiger partial charge on any atom is -0.493 e. The second kappa shape index (κ2) is 10.1. The van der Waals surface area contributed by atoms with Crippen LogP contribution in [0.15, 0.2) is 79.4 Å². The van der Waals surface area contributed by atoms with E-state index in [1.165, 1.54) is 13.3 Å². The Kier molecular flexibility index (Phi) is 6.68. The first kappa shape index (κ1) is 24.5. The largest absolute Gasteiger partial charge is 0.493 e. The summed E-state index contributed by atoms with van der Waals surface area (Å²) in [5, 5.41) is 6.13. The molecular formula is C26H18BrClN4O5. The van der Waals surface area contributed by atoms with Gasteiger partial charge in [-0.15, -0.1) is 0 Å². The smallest absolute Gasteiger partial charge is 0.282 e. The molecule has 1 amide bonds. The van der Waals surface area contributed by atoms with Crippen molar-refractivity contribution in [2.75, 3.05) is 13.7 Å². The van der Waals surface area contributed by atoms with E-state index in [0.29, 0.717) is 43.1 Å². The molecule has 5 aromatic rings. The average Bonchev–Trinajstić information content (AvgIpc) is 3.30. The molecule has 2 heterocycles. The van der Waals surface area contributed by atoms with E-state index in [1.807, 2.05) is 0 Å². The van der Waals surface area contributed by atoms with Gasteiger partial charge >= 0.3 is 0 Å². The monoisotopic (exact) mass is 580 g/mol. The zero-order chi connectivity index (χ0) is 26.1. The number of ether oxygens (including phenoxy) is 2. The fraction of sp³-hybridized carbons (Fsp3) is 0.0769. The van der Waals surface area contributed by atoms with E-state index in [9.17, 15) is 9.59 Å². The molecule has 0 bridgehead atoms. The first-order valence-corrected chi connectivity index (χ1v) is 12.1. The van der Waals surface area contributed by atoms with Crippen LogP contribution in [0.2, 0.25) is 5.02 Å². The van der Waals surface area contributed by atoms with E-state index >= 15 is 0 Å². The summed E-state index contributed by atoms with van der Waals surface area (Å²) in [6.45, 7) is -0.372. The summed E-state index contributed by atoms with van der Waals surface area (Å²) in [6.07, 6.45) is 1.41. The Balaban J connectivity index is 1.70. The standard InChI is InChI=1S/C26H18BrClN4O5/c1-35-21-11-16(27)8-15(24(21)36-13-23(29)33)12-30-32-25(31-19-5-3-2-4-18(19)26(32)34)22-10-14-9-17(28)6-7-20(14)37-22/h2-12H,13H2,1H3,(H2,29,33).